The molecule has 1 aromatic carbocycles. The van der Waals surface area contributed by atoms with Gasteiger partial charge >= 0.3 is 6.03 Å². The van der Waals surface area contributed by atoms with Gasteiger partial charge in [-0.3, -0.25) is 4.90 Å². The Morgan fingerprint density at radius 2 is 2.33 bits per heavy atom. The van der Waals surface area contributed by atoms with Gasteiger partial charge in [0, 0.05) is 23.8 Å². The molecule has 2 amide bonds. The average molecular weight is 225 g/mol. The highest BCUT2D eigenvalue weighted by Gasteiger charge is 2.30. The minimum absolute atomic E-state index is 0.0661. The van der Waals surface area contributed by atoms with Crippen LogP contribution >= 0.6 is 11.6 Å². The Kier molecular flexibility index (Phi) is 2.57. The van der Waals surface area contributed by atoms with Crippen molar-refractivity contribution in [1.29, 1.82) is 0 Å². The zero-order valence-corrected chi connectivity index (χ0v) is 9.51. The van der Waals surface area contributed by atoms with Crippen LogP contribution in [0.2, 0.25) is 5.02 Å². The molecule has 3 nitrogen and oxygen atoms in total. The maximum atomic E-state index is 11.7. The fourth-order valence-corrected chi connectivity index (χ4v) is 2.22. The first kappa shape index (κ1) is 10.3. The van der Waals surface area contributed by atoms with Crippen LogP contribution in [0.25, 0.3) is 0 Å². The molecule has 2 rings (SSSR count). The maximum absolute atomic E-state index is 11.7. The van der Waals surface area contributed by atoms with Crippen LogP contribution in [0, 0.1) is 0 Å². The highest BCUT2D eigenvalue weighted by molar-refractivity contribution is 6.30. The number of halogens is 1. The van der Waals surface area contributed by atoms with E-state index in [9.17, 15) is 4.79 Å². The Labute approximate surface area is 94.0 Å². The van der Waals surface area contributed by atoms with Gasteiger partial charge in [-0.05, 0) is 37.1 Å². The first-order valence-electron chi connectivity index (χ1n) is 4.93. The van der Waals surface area contributed by atoms with Gasteiger partial charge in [0.15, 0.2) is 0 Å². The second-order valence-corrected chi connectivity index (χ2v) is 4.19. The molecule has 0 saturated heterocycles. The fourth-order valence-electron chi connectivity index (χ4n) is 2.03. The monoisotopic (exact) mass is 224 g/mol. The van der Waals surface area contributed by atoms with E-state index in [0.29, 0.717) is 0 Å². The van der Waals surface area contributed by atoms with Crippen molar-refractivity contribution in [3.63, 3.8) is 0 Å². The molecule has 1 unspecified atom stereocenters. The summed E-state index contributed by atoms with van der Waals surface area (Å²) in [4.78, 5) is 13.4. The standard InChI is InChI=1S/C11H13ClN2O/c1-7-5-8-6-9(12)3-4-10(8)14(7)11(15)13-2/h3-4,6-7H,5H2,1-2H3,(H,13,15). The summed E-state index contributed by atoms with van der Waals surface area (Å²) in [5.74, 6) is 0. The zero-order chi connectivity index (χ0) is 11.0. The summed E-state index contributed by atoms with van der Waals surface area (Å²) in [6, 6.07) is 5.77. The minimum atomic E-state index is -0.0661. The third kappa shape index (κ3) is 1.67. The summed E-state index contributed by atoms with van der Waals surface area (Å²) < 4.78 is 0. The number of anilines is 1. The van der Waals surface area contributed by atoms with Crippen molar-refractivity contribution < 1.29 is 4.79 Å². The summed E-state index contributed by atoms with van der Waals surface area (Å²) in [5, 5.41) is 3.37. The molecule has 1 aliphatic heterocycles. The molecule has 1 aromatic rings. The molecular weight excluding hydrogens is 212 g/mol. The van der Waals surface area contributed by atoms with E-state index in [1.165, 1.54) is 0 Å². The van der Waals surface area contributed by atoms with Crippen LogP contribution in [-0.4, -0.2) is 19.1 Å². The number of nitrogens with one attached hydrogen (secondary N) is 1. The van der Waals surface area contributed by atoms with Gasteiger partial charge < -0.3 is 5.32 Å². The van der Waals surface area contributed by atoms with Crippen molar-refractivity contribution in [1.82, 2.24) is 5.32 Å². The number of hydrogen-bond acceptors (Lipinski definition) is 1. The number of rotatable bonds is 0. The Morgan fingerprint density at radius 1 is 1.60 bits per heavy atom. The minimum Gasteiger partial charge on any atom is -0.341 e. The quantitative estimate of drug-likeness (QED) is 0.721. The Hall–Kier alpha value is -1.22. The van der Waals surface area contributed by atoms with Crippen molar-refractivity contribution in [2.75, 3.05) is 11.9 Å². The molecule has 1 aliphatic rings. The molecule has 4 heteroatoms. The molecular formula is C11H13ClN2O. The van der Waals surface area contributed by atoms with Gasteiger partial charge in [-0.15, -0.1) is 0 Å². The predicted molar refractivity (Wildman–Crippen MR) is 61.6 cm³/mol. The topological polar surface area (TPSA) is 32.3 Å². The number of carbonyl (C=O) groups is 1. The second kappa shape index (κ2) is 3.74. The summed E-state index contributed by atoms with van der Waals surface area (Å²) in [6.45, 7) is 2.03. The van der Waals surface area contributed by atoms with Gasteiger partial charge in [0.25, 0.3) is 0 Å². The molecule has 0 saturated carbocycles. The number of nitrogens with zero attached hydrogens (tertiary/aromatic N) is 1. The molecule has 0 fully saturated rings. The number of amides is 2. The molecule has 1 N–H and O–H groups in total. The van der Waals surface area contributed by atoms with E-state index in [-0.39, 0.29) is 12.1 Å². The lowest BCUT2D eigenvalue weighted by molar-refractivity contribution is 0.247. The summed E-state index contributed by atoms with van der Waals surface area (Å²) >= 11 is 5.91. The summed E-state index contributed by atoms with van der Waals surface area (Å²) in [7, 11) is 1.64. The van der Waals surface area contributed by atoms with Crippen molar-refractivity contribution in [3.05, 3.63) is 28.8 Å². The molecule has 0 aromatic heterocycles. The Bertz CT molecular complexity index is 406. The lowest BCUT2D eigenvalue weighted by Gasteiger charge is -2.21. The van der Waals surface area contributed by atoms with E-state index in [0.717, 1.165) is 22.7 Å². The zero-order valence-electron chi connectivity index (χ0n) is 8.75. The third-order valence-corrected chi connectivity index (χ3v) is 2.92. The summed E-state index contributed by atoms with van der Waals surface area (Å²) in [5.41, 5.74) is 2.10. The molecule has 1 atom stereocenters. The van der Waals surface area contributed by atoms with Crippen LogP contribution in [0.15, 0.2) is 18.2 Å². The van der Waals surface area contributed by atoms with E-state index in [1.54, 1.807) is 11.9 Å². The predicted octanol–water partition coefficient (Wildman–Crippen LogP) is 2.43. The summed E-state index contributed by atoms with van der Waals surface area (Å²) in [6.07, 6.45) is 0.864. The molecule has 15 heavy (non-hydrogen) atoms. The lowest BCUT2D eigenvalue weighted by Crippen LogP contribution is -2.41. The normalized spacial score (nSPS) is 18.9. The van der Waals surface area contributed by atoms with Crippen LogP contribution in [-0.2, 0) is 6.42 Å². The highest BCUT2D eigenvalue weighted by atomic mass is 35.5. The smallest absolute Gasteiger partial charge is 0.321 e. The molecule has 0 aliphatic carbocycles. The maximum Gasteiger partial charge on any atom is 0.321 e. The number of benzene rings is 1. The highest BCUT2D eigenvalue weighted by Crippen LogP contribution is 2.33. The van der Waals surface area contributed by atoms with Crippen LogP contribution in [0.1, 0.15) is 12.5 Å². The number of urea groups is 1. The van der Waals surface area contributed by atoms with Gasteiger partial charge in [-0.2, -0.15) is 0 Å². The number of carbonyl (C=O) groups excluding carboxylic acids is 1. The fraction of sp³-hybridized carbons (Fsp3) is 0.364. The van der Waals surface area contributed by atoms with Gasteiger partial charge in [0.05, 0.1) is 0 Å². The van der Waals surface area contributed by atoms with E-state index in [2.05, 4.69) is 5.32 Å². The molecule has 0 bridgehead atoms. The van der Waals surface area contributed by atoms with Crippen molar-refractivity contribution in [2.45, 2.75) is 19.4 Å². The Morgan fingerprint density at radius 3 is 3.00 bits per heavy atom. The largest absolute Gasteiger partial charge is 0.341 e. The van der Waals surface area contributed by atoms with Gasteiger partial charge in [0.1, 0.15) is 0 Å². The van der Waals surface area contributed by atoms with Crippen molar-refractivity contribution >= 4 is 23.3 Å². The van der Waals surface area contributed by atoms with E-state index >= 15 is 0 Å². The SMILES string of the molecule is CNC(=O)N1c2ccc(Cl)cc2CC1C. The van der Waals surface area contributed by atoms with Gasteiger partial charge in [-0.25, -0.2) is 4.79 Å². The van der Waals surface area contributed by atoms with E-state index < -0.39 is 0 Å². The van der Waals surface area contributed by atoms with Crippen LogP contribution in [0.4, 0.5) is 10.5 Å². The number of fused-ring (bicyclic) bond motifs is 1. The third-order valence-electron chi connectivity index (χ3n) is 2.69. The van der Waals surface area contributed by atoms with Gasteiger partial charge in [-0.1, -0.05) is 11.6 Å². The average Bonchev–Trinajstić information content (AvgIpc) is 2.52. The first-order valence-corrected chi connectivity index (χ1v) is 5.30. The molecule has 0 radical (unpaired) electrons. The second-order valence-electron chi connectivity index (χ2n) is 3.75. The van der Waals surface area contributed by atoms with E-state index in [1.807, 2.05) is 25.1 Å². The van der Waals surface area contributed by atoms with Crippen molar-refractivity contribution in [2.24, 2.45) is 0 Å². The molecule has 0 spiro atoms. The number of hydrogen-bond donors (Lipinski definition) is 1. The van der Waals surface area contributed by atoms with Crippen molar-refractivity contribution in [3.8, 4) is 0 Å². The Balaban J connectivity index is 2.41. The van der Waals surface area contributed by atoms with E-state index in [4.69, 9.17) is 11.6 Å². The lowest BCUT2D eigenvalue weighted by atomic mass is 10.1. The van der Waals surface area contributed by atoms with Crippen LogP contribution in [0.5, 0.6) is 0 Å². The van der Waals surface area contributed by atoms with Crippen LogP contribution < -0.4 is 10.2 Å². The van der Waals surface area contributed by atoms with Crippen LogP contribution in [0.3, 0.4) is 0 Å². The molecule has 1 heterocycles. The van der Waals surface area contributed by atoms with Gasteiger partial charge in [0.2, 0.25) is 0 Å². The molecule has 80 valence electrons. The first-order chi connectivity index (χ1) is 7.13.